The first-order chi connectivity index (χ1) is 25.2. The third kappa shape index (κ3) is 6.75. The van der Waals surface area contributed by atoms with Gasteiger partial charge in [-0.1, -0.05) is 24.3 Å². The summed E-state index contributed by atoms with van der Waals surface area (Å²) in [5, 5.41) is 19.4. The number of halogens is 2. The standard InChI is InChI=1S/C37H37F2N9O3S/c38-24-6-8-29(30(39)16-24)37(50,21-46-23-41-22-43-46)11-13-45-12-10-25(20-45)42-19-28-18-32-35(52-28)44-34(40)36(49)48(32)27-7-9-33-31(17-27)47(14-15-51-33)26-4-2-1-3-5-26/h1-9,16-18,22-23,25,42,50H,10-15,19-21H2,(H2,40,44)/t25-,37+/m1/s1. The van der Waals surface area contributed by atoms with Gasteiger partial charge in [-0.25, -0.2) is 23.4 Å². The van der Waals surface area contributed by atoms with Crippen molar-refractivity contribution >= 4 is 38.9 Å². The zero-order chi connectivity index (χ0) is 35.8. The summed E-state index contributed by atoms with van der Waals surface area (Å²) < 4.78 is 37.6. The summed E-state index contributed by atoms with van der Waals surface area (Å²) >= 11 is 1.48. The van der Waals surface area contributed by atoms with Gasteiger partial charge in [-0.3, -0.25) is 9.36 Å². The molecule has 0 spiro atoms. The molecule has 15 heteroatoms. The van der Waals surface area contributed by atoms with Crippen LogP contribution in [0.1, 0.15) is 23.3 Å². The number of hydrogen-bond acceptors (Lipinski definition) is 11. The van der Waals surface area contributed by atoms with Gasteiger partial charge in [0.1, 0.15) is 47.1 Å². The number of fused-ring (bicyclic) bond motifs is 2. The largest absolute Gasteiger partial charge is 0.490 e. The number of para-hydroxylation sites is 1. The first-order valence-corrected chi connectivity index (χ1v) is 17.9. The molecule has 8 rings (SSSR count). The van der Waals surface area contributed by atoms with Crippen LogP contribution in [-0.2, 0) is 18.7 Å². The van der Waals surface area contributed by atoms with Crippen molar-refractivity contribution in [2.45, 2.75) is 37.6 Å². The van der Waals surface area contributed by atoms with Crippen molar-refractivity contribution in [1.29, 1.82) is 0 Å². The Balaban J connectivity index is 0.967. The number of aliphatic hydroxyl groups is 1. The predicted molar refractivity (Wildman–Crippen MR) is 195 cm³/mol. The molecule has 2 atom stereocenters. The van der Waals surface area contributed by atoms with Crippen molar-refractivity contribution < 1.29 is 18.6 Å². The number of hydrogen-bond donors (Lipinski definition) is 3. The molecule has 2 aliphatic heterocycles. The summed E-state index contributed by atoms with van der Waals surface area (Å²) in [5.74, 6) is -0.835. The minimum Gasteiger partial charge on any atom is -0.490 e. The molecule has 3 aromatic heterocycles. The molecular weight excluding hydrogens is 689 g/mol. The van der Waals surface area contributed by atoms with E-state index in [1.165, 1.54) is 34.7 Å². The molecule has 0 radical (unpaired) electrons. The van der Waals surface area contributed by atoms with Gasteiger partial charge in [-0.05, 0) is 61.9 Å². The summed E-state index contributed by atoms with van der Waals surface area (Å²) in [4.78, 5) is 28.0. The topological polar surface area (TPSA) is 140 Å². The third-order valence-corrected chi connectivity index (χ3v) is 10.8. The smallest absolute Gasteiger partial charge is 0.298 e. The number of nitrogen functional groups attached to an aromatic ring is 1. The van der Waals surface area contributed by atoms with Crippen LogP contribution in [0.2, 0.25) is 0 Å². The van der Waals surface area contributed by atoms with Gasteiger partial charge in [-0.2, -0.15) is 5.10 Å². The lowest BCUT2D eigenvalue weighted by Gasteiger charge is -2.31. The quantitative estimate of drug-likeness (QED) is 0.174. The molecular formula is C37H37F2N9O3S. The Kier molecular flexibility index (Phi) is 9.17. The van der Waals surface area contributed by atoms with E-state index in [4.69, 9.17) is 10.5 Å². The molecule has 3 aromatic carbocycles. The maximum atomic E-state index is 14.9. The van der Waals surface area contributed by atoms with Crippen molar-refractivity contribution in [3.63, 3.8) is 0 Å². The fraction of sp³-hybridized carbons (Fsp3) is 0.297. The van der Waals surface area contributed by atoms with Crippen LogP contribution in [0.3, 0.4) is 0 Å². The Bertz CT molecular complexity index is 2270. The van der Waals surface area contributed by atoms with Gasteiger partial charge < -0.3 is 30.7 Å². The second kappa shape index (κ2) is 14.1. The van der Waals surface area contributed by atoms with Crippen LogP contribution >= 0.6 is 11.3 Å². The van der Waals surface area contributed by atoms with Crippen molar-refractivity contribution in [2.24, 2.45) is 0 Å². The highest BCUT2D eigenvalue weighted by molar-refractivity contribution is 7.18. The highest BCUT2D eigenvalue weighted by Gasteiger charge is 2.35. The third-order valence-electron chi connectivity index (χ3n) is 9.76. The summed E-state index contributed by atoms with van der Waals surface area (Å²) in [6, 6.07) is 21.2. The van der Waals surface area contributed by atoms with E-state index in [2.05, 4.69) is 30.2 Å². The number of aromatic nitrogens is 5. The second-order valence-electron chi connectivity index (χ2n) is 13.2. The highest BCUT2D eigenvalue weighted by atomic mass is 32.1. The van der Waals surface area contributed by atoms with Gasteiger partial charge >= 0.3 is 0 Å². The summed E-state index contributed by atoms with van der Waals surface area (Å²) in [6.07, 6.45) is 3.89. The number of thiophene rings is 1. The minimum absolute atomic E-state index is 0.0213. The zero-order valence-corrected chi connectivity index (χ0v) is 29.0. The first-order valence-electron chi connectivity index (χ1n) is 17.1. The average molecular weight is 726 g/mol. The number of benzene rings is 3. The van der Waals surface area contributed by atoms with Crippen LogP contribution in [0.5, 0.6) is 5.75 Å². The summed E-state index contributed by atoms with van der Waals surface area (Å²) in [7, 11) is 0. The molecule has 12 nitrogen and oxygen atoms in total. The molecule has 0 amide bonds. The van der Waals surface area contributed by atoms with E-state index >= 15 is 0 Å². The van der Waals surface area contributed by atoms with Gasteiger partial charge in [0.15, 0.2) is 5.82 Å². The van der Waals surface area contributed by atoms with Gasteiger partial charge in [0.25, 0.3) is 5.56 Å². The average Bonchev–Trinajstić information content (AvgIpc) is 3.92. The highest BCUT2D eigenvalue weighted by Crippen LogP contribution is 2.39. The zero-order valence-electron chi connectivity index (χ0n) is 28.2. The molecule has 2 aliphatic rings. The Hall–Kier alpha value is -5.22. The SMILES string of the molecule is Nc1nc2sc(CN[C@@H]3CCN(CC[C@](O)(Cn4cncn4)c4ccc(F)cc4F)C3)cc2n(-c2ccc3c(c2)N(c2ccccc2)CCO3)c1=O. The maximum absolute atomic E-state index is 14.9. The molecule has 268 valence electrons. The fourth-order valence-electron chi connectivity index (χ4n) is 7.14. The summed E-state index contributed by atoms with van der Waals surface area (Å²) in [6.45, 7) is 3.76. The molecule has 0 bridgehead atoms. The Morgan fingerprint density at radius 3 is 2.73 bits per heavy atom. The lowest BCUT2D eigenvalue weighted by atomic mass is 9.89. The number of anilines is 3. The van der Waals surface area contributed by atoms with Crippen LogP contribution < -0.4 is 26.2 Å². The molecule has 6 aromatic rings. The molecule has 4 N–H and O–H groups in total. The molecule has 0 saturated carbocycles. The van der Waals surface area contributed by atoms with E-state index in [1.807, 2.05) is 54.6 Å². The van der Waals surface area contributed by atoms with Crippen LogP contribution in [0.25, 0.3) is 16.0 Å². The lowest BCUT2D eigenvalue weighted by molar-refractivity contribution is -0.00423. The molecule has 0 unspecified atom stereocenters. The van der Waals surface area contributed by atoms with E-state index in [-0.39, 0.29) is 35.9 Å². The molecule has 5 heterocycles. The van der Waals surface area contributed by atoms with Gasteiger partial charge in [0.05, 0.1) is 30.0 Å². The van der Waals surface area contributed by atoms with Crippen molar-refractivity contribution in [1.82, 2.24) is 34.5 Å². The second-order valence-corrected chi connectivity index (χ2v) is 14.3. The normalized spacial score (nSPS) is 17.3. The van der Waals surface area contributed by atoms with Crippen LogP contribution in [0, 0.1) is 11.6 Å². The number of nitrogens with two attached hydrogens (primary N) is 1. The first kappa shape index (κ1) is 33.9. The van der Waals surface area contributed by atoms with E-state index in [0.717, 1.165) is 53.6 Å². The van der Waals surface area contributed by atoms with E-state index in [9.17, 15) is 18.7 Å². The monoisotopic (exact) mass is 725 g/mol. The lowest BCUT2D eigenvalue weighted by Crippen LogP contribution is -2.38. The summed E-state index contributed by atoms with van der Waals surface area (Å²) in [5.41, 5.74) is 7.44. The Labute approximate surface area is 301 Å². The number of nitrogens with one attached hydrogen (secondary N) is 1. The van der Waals surface area contributed by atoms with Gasteiger partial charge in [-0.15, -0.1) is 11.3 Å². The molecule has 1 fully saturated rings. The maximum Gasteiger partial charge on any atom is 0.298 e. The van der Waals surface area contributed by atoms with Crippen LogP contribution in [0.15, 0.2) is 90.2 Å². The van der Waals surface area contributed by atoms with Crippen molar-refractivity contribution in [3.05, 3.63) is 118 Å². The van der Waals surface area contributed by atoms with Crippen LogP contribution in [0.4, 0.5) is 26.0 Å². The molecule has 1 saturated heterocycles. The predicted octanol–water partition coefficient (Wildman–Crippen LogP) is 4.57. The van der Waals surface area contributed by atoms with Crippen LogP contribution in [-0.4, -0.2) is 73.1 Å². The van der Waals surface area contributed by atoms with E-state index in [0.29, 0.717) is 42.3 Å². The van der Waals surface area contributed by atoms with Crippen molar-refractivity contribution in [2.75, 3.05) is 43.4 Å². The Morgan fingerprint density at radius 1 is 1.06 bits per heavy atom. The fourth-order valence-corrected chi connectivity index (χ4v) is 8.12. The van der Waals surface area contributed by atoms with Crippen molar-refractivity contribution in [3.8, 4) is 11.4 Å². The van der Waals surface area contributed by atoms with E-state index in [1.54, 1.807) is 4.57 Å². The number of rotatable bonds is 11. The van der Waals surface area contributed by atoms with Gasteiger partial charge in [0, 0.05) is 47.9 Å². The van der Waals surface area contributed by atoms with Gasteiger partial charge in [0.2, 0.25) is 0 Å². The van der Waals surface area contributed by atoms with E-state index < -0.39 is 17.2 Å². The number of likely N-dealkylation sites (tertiary alicyclic amines) is 1. The molecule has 0 aliphatic carbocycles. The minimum atomic E-state index is -1.62. The molecule has 52 heavy (non-hydrogen) atoms. The Morgan fingerprint density at radius 2 is 1.92 bits per heavy atom. The number of nitrogens with zero attached hydrogens (tertiary/aromatic N) is 7. The number of ether oxygens (including phenoxy) is 1.